The fourth-order valence-electron chi connectivity index (χ4n) is 6.05. The molecule has 5 rings (SSSR count). The fourth-order valence-corrected chi connectivity index (χ4v) is 6.05. The summed E-state index contributed by atoms with van der Waals surface area (Å²) in [5.41, 5.74) is -7.11. The van der Waals surface area contributed by atoms with Gasteiger partial charge in [-0.2, -0.15) is 30.7 Å². The SMILES string of the molecule is CN1N(Cc2ccc(OCCCCOC[C@H](O)CO)c(F)c2F)C(=O)C(C(=O)Nc2ccc(C(F)(F)F)cc2-c2cc(C(F)(F)F)ncn2)=C(O)C12CCC2. The Bertz CT molecular complexity index is 1940. The maximum atomic E-state index is 15.4. The Balaban J connectivity index is 1.38. The van der Waals surface area contributed by atoms with Crippen molar-refractivity contribution in [1.82, 2.24) is 20.0 Å². The predicted octanol–water partition coefficient (Wildman–Crippen LogP) is 5.55. The largest absolute Gasteiger partial charge is 0.509 e. The number of aliphatic hydroxyl groups excluding tert-OH is 3. The monoisotopic (exact) mass is 789 g/mol. The molecular weight excluding hydrogens is 754 g/mol. The van der Waals surface area contributed by atoms with Crippen molar-refractivity contribution in [3.05, 3.63) is 82.5 Å². The van der Waals surface area contributed by atoms with Crippen LogP contribution in [0.1, 0.15) is 48.9 Å². The van der Waals surface area contributed by atoms with Crippen molar-refractivity contribution in [2.75, 3.05) is 38.8 Å². The minimum atomic E-state index is -5.00. The van der Waals surface area contributed by atoms with E-state index in [9.17, 15) is 46.1 Å². The lowest BCUT2D eigenvalue weighted by Gasteiger charge is -2.54. The van der Waals surface area contributed by atoms with Crippen LogP contribution in [-0.4, -0.2) is 92.2 Å². The lowest BCUT2D eigenvalue weighted by atomic mass is 9.72. The number of aliphatic hydroxyl groups is 3. The van der Waals surface area contributed by atoms with E-state index >= 15 is 8.78 Å². The van der Waals surface area contributed by atoms with E-state index in [1.165, 1.54) is 12.1 Å². The number of hydrogen-bond acceptors (Lipinski definition) is 10. The number of hydrazine groups is 1. The molecule has 20 heteroatoms. The van der Waals surface area contributed by atoms with Gasteiger partial charge < -0.3 is 30.1 Å². The Morgan fingerprint density at radius 1 is 1.00 bits per heavy atom. The van der Waals surface area contributed by atoms with E-state index in [-0.39, 0.29) is 38.2 Å². The first-order chi connectivity index (χ1) is 25.9. The summed E-state index contributed by atoms with van der Waals surface area (Å²) in [5, 5.41) is 33.8. The molecule has 1 aromatic heterocycles. The summed E-state index contributed by atoms with van der Waals surface area (Å²) >= 11 is 0. The number of amides is 2. The molecule has 4 N–H and O–H groups in total. The van der Waals surface area contributed by atoms with Gasteiger partial charge in [0.1, 0.15) is 29.5 Å². The number of carbonyl (C=O) groups excluding carboxylic acids is 2. The van der Waals surface area contributed by atoms with Gasteiger partial charge in [0.2, 0.25) is 5.82 Å². The van der Waals surface area contributed by atoms with E-state index in [1.807, 2.05) is 0 Å². The van der Waals surface area contributed by atoms with Gasteiger partial charge >= 0.3 is 12.4 Å². The topological polar surface area (TPSA) is 158 Å². The first-order valence-electron chi connectivity index (χ1n) is 16.8. The van der Waals surface area contributed by atoms with Crippen molar-refractivity contribution < 1.29 is 69.5 Å². The Labute approximate surface area is 308 Å². The Kier molecular flexibility index (Phi) is 12.3. The predicted molar refractivity (Wildman–Crippen MR) is 176 cm³/mol. The molecule has 298 valence electrons. The quantitative estimate of drug-likeness (QED) is 0.0928. The van der Waals surface area contributed by atoms with Crippen molar-refractivity contribution in [3.63, 3.8) is 0 Å². The summed E-state index contributed by atoms with van der Waals surface area (Å²) in [6.07, 6.45) is -8.75. The molecular formula is C35H35F8N5O7. The Morgan fingerprint density at radius 3 is 2.35 bits per heavy atom. The number of carbonyl (C=O) groups is 2. The molecule has 1 fully saturated rings. The number of likely N-dealkylation sites (N-methyl/N-ethyl adjacent to an activating group) is 1. The standard InChI is InChI=1S/C35H35F8N5O7/c1-47-33(9-4-10-33)30(51)27(31(52)46-23-7-6-20(34(38,39)40)13-22(23)24-14-26(35(41,42)43)45-18-44-24)32(53)48(47)15-19-5-8-25(29(37)28(19)36)55-12-3-2-11-54-17-21(50)16-49/h5-8,13-14,18,21,49-51H,2-4,9-12,15-17H2,1H3,(H,46,52)/t21-/m1/s1. The summed E-state index contributed by atoms with van der Waals surface area (Å²) < 4.78 is 122. The van der Waals surface area contributed by atoms with Gasteiger partial charge in [-0.25, -0.2) is 19.4 Å². The molecule has 0 bridgehead atoms. The van der Waals surface area contributed by atoms with E-state index in [1.54, 1.807) is 0 Å². The van der Waals surface area contributed by atoms with Crippen molar-refractivity contribution in [3.8, 4) is 17.0 Å². The average Bonchev–Trinajstić information content (AvgIpc) is 3.10. The van der Waals surface area contributed by atoms with Crippen LogP contribution in [0.25, 0.3) is 11.3 Å². The highest BCUT2D eigenvalue weighted by Crippen LogP contribution is 2.47. The van der Waals surface area contributed by atoms with E-state index in [0.29, 0.717) is 43.8 Å². The fraction of sp³-hybridized carbons (Fsp3) is 0.429. The van der Waals surface area contributed by atoms with Crippen LogP contribution in [-0.2, 0) is 33.2 Å². The summed E-state index contributed by atoms with van der Waals surface area (Å²) in [7, 11) is 1.39. The van der Waals surface area contributed by atoms with Gasteiger partial charge in [-0.1, -0.05) is 6.07 Å². The molecule has 1 saturated carbocycles. The summed E-state index contributed by atoms with van der Waals surface area (Å²) in [5.74, 6) is -6.40. The zero-order chi connectivity index (χ0) is 40.3. The number of hydrogen-bond donors (Lipinski definition) is 4. The van der Waals surface area contributed by atoms with Crippen LogP contribution in [0.3, 0.4) is 0 Å². The van der Waals surface area contributed by atoms with Crippen molar-refractivity contribution in [1.29, 1.82) is 0 Å². The number of unbranched alkanes of at least 4 members (excludes halogenated alkanes) is 1. The zero-order valence-electron chi connectivity index (χ0n) is 29.0. The smallest absolute Gasteiger partial charge is 0.433 e. The third kappa shape index (κ3) is 8.82. The maximum Gasteiger partial charge on any atom is 0.433 e. The summed E-state index contributed by atoms with van der Waals surface area (Å²) in [6.45, 7) is -0.985. The Hall–Kier alpha value is -4.92. The first-order valence-corrected chi connectivity index (χ1v) is 16.8. The molecule has 55 heavy (non-hydrogen) atoms. The molecule has 2 aromatic carbocycles. The van der Waals surface area contributed by atoms with Crippen LogP contribution in [0.2, 0.25) is 0 Å². The maximum absolute atomic E-state index is 15.4. The second-order valence-electron chi connectivity index (χ2n) is 12.8. The highest BCUT2D eigenvalue weighted by Gasteiger charge is 2.55. The summed E-state index contributed by atoms with van der Waals surface area (Å²) in [6, 6.07) is 4.42. The van der Waals surface area contributed by atoms with Crippen LogP contribution in [0.5, 0.6) is 5.75 Å². The number of alkyl halides is 6. The summed E-state index contributed by atoms with van der Waals surface area (Å²) in [4.78, 5) is 34.5. The number of benzene rings is 2. The normalized spacial score (nSPS) is 16.7. The number of halogens is 8. The van der Waals surface area contributed by atoms with Crippen LogP contribution in [0, 0.1) is 11.6 Å². The van der Waals surface area contributed by atoms with E-state index in [2.05, 4.69) is 15.3 Å². The molecule has 3 aromatic rings. The number of anilines is 1. The second kappa shape index (κ2) is 16.4. The van der Waals surface area contributed by atoms with Gasteiger partial charge in [0.25, 0.3) is 11.8 Å². The molecule has 2 amide bonds. The zero-order valence-corrected chi connectivity index (χ0v) is 29.0. The van der Waals surface area contributed by atoms with Crippen molar-refractivity contribution in [2.24, 2.45) is 0 Å². The van der Waals surface area contributed by atoms with E-state index in [4.69, 9.17) is 14.6 Å². The minimum Gasteiger partial charge on any atom is -0.509 e. The van der Waals surface area contributed by atoms with Gasteiger partial charge in [-0.15, -0.1) is 0 Å². The lowest BCUT2D eigenvalue weighted by Crippen LogP contribution is -2.65. The van der Waals surface area contributed by atoms with Crippen molar-refractivity contribution in [2.45, 2.75) is 62.6 Å². The molecule has 12 nitrogen and oxygen atoms in total. The van der Waals surface area contributed by atoms with Crippen LogP contribution >= 0.6 is 0 Å². The molecule has 0 saturated heterocycles. The molecule has 1 atom stereocenters. The Morgan fingerprint density at radius 2 is 1.71 bits per heavy atom. The minimum absolute atomic E-state index is 0.0264. The molecule has 2 aliphatic rings. The number of nitrogens with one attached hydrogen (secondary N) is 1. The van der Waals surface area contributed by atoms with Gasteiger partial charge in [-0.3, -0.25) is 14.6 Å². The van der Waals surface area contributed by atoms with Gasteiger partial charge in [0, 0.05) is 24.8 Å². The van der Waals surface area contributed by atoms with Gasteiger partial charge in [0.15, 0.2) is 11.6 Å². The van der Waals surface area contributed by atoms with E-state index in [0.717, 1.165) is 23.2 Å². The van der Waals surface area contributed by atoms with Crippen molar-refractivity contribution >= 4 is 17.5 Å². The number of aromatic nitrogens is 2. The second-order valence-corrected chi connectivity index (χ2v) is 12.8. The van der Waals surface area contributed by atoms with Crippen LogP contribution < -0.4 is 10.1 Å². The third-order valence-corrected chi connectivity index (χ3v) is 9.25. The lowest BCUT2D eigenvalue weighted by molar-refractivity contribution is -0.172. The molecule has 1 aliphatic carbocycles. The highest BCUT2D eigenvalue weighted by molar-refractivity contribution is 6.24. The third-order valence-electron chi connectivity index (χ3n) is 9.25. The van der Waals surface area contributed by atoms with Gasteiger partial charge in [0.05, 0.1) is 48.8 Å². The molecule has 1 spiro atoms. The highest BCUT2D eigenvalue weighted by atomic mass is 19.4. The molecule has 2 heterocycles. The van der Waals surface area contributed by atoms with Crippen LogP contribution in [0.4, 0.5) is 40.8 Å². The van der Waals surface area contributed by atoms with Gasteiger partial charge in [-0.05, 0) is 62.4 Å². The van der Waals surface area contributed by atoms with E-state index < -0.39 is 106 Å². The number of nitrogens with zero attached hydrogens (tertiary/aromatic N) is 4. The number of rotatable bonds is 14. The van der Waals surface area contributed by atoms with Crippen LogP contribution in [0.15, 0.2) is 54.1 Å². The average molecular weight is 790 g/mol. The first kappa shape index (κ1) is 41.2. The molecule has 0 unspecified atom stereocenters. The number of ether oxygens (including phenoxy) is 2. The molecule has 1 aliphatic heterocycles. The molecule has 0 radical (unpaired) electrons.